The Labute approximate surface area is 164 Å². The quantitative estimate of drug-likeness (QED) is 0.663. The highest BCUT2D eigenvalue weighted by Gasteiger charge is 2.28. The molecule has 0 heterocycles. The number of rotatable bonds is 7. The van der Waals surface area contributed by atoms with Gasteiger partial charge in [0.05, 0.1) is 4.90 Å². The van der Waals surface area contributed by atoms with Crippen LogP contribution in [0.2, 0.25) is 0 Å². The van der Waals surface area contributed by atoms with Crippen LogP contribution in [-0.2, 0) is 10.0 Å². The first kappa shape index (κ1) is 20.0. The minimum absolute atomic E-state index is 0.0214. The zero-order chi connectivity index (χ0) is 20.3. The van der Waals surface area contributed by atoms with E-state index in [9.17, 15) is 18.0 Å². The van der Waals surface area contributed by atoms with Crippen molar-refractivity contribution >= 4 is 27.5 Å². The van der Waals surface area contributed by atoms with Crippen LogP contribution in [-0.4, -0.2) is 32.8 Å². The summed E-state index contributed by atoms with van der Waals surface area (Å²) in [6.45, 7) is 4.18. The minimum atomic E-state index is -3.55. The molecule has 0 saturated heterocycles. The minimum Gasteiger partial charge on any atom is -0.352 e. The number of sulfonamides is 1. The average molecular weight is 401 g/mol. The number of benzene rings is 2. The fourth-order valence-electron chi connectivity index (χ4n) is 2.63. The third-order valence-electron chi connectivity index (χ3n) is 4.41. The van der Waals surface area contributed by atoms with Gasteiger partial charge in [0, 0.05) is 29.4 Å². The summed E-state index contributed by atoms with van der Waals surface area (Å²) in [5, 5.41) is 5.50. The molecule has 2 aromatic rings. The van der Waals surface area contributed by atoms with Crippen LogP contribution in [0.25, 0.3) is 0 Å². The van der Waals surface area contributed by atoms with Crippen LogP contribution in [0.1, 0.15) is 46.0 Å². The van der Waals surface area contributed by atoms with Gasteiger partial charge in [-0.15, -0.1) is 0 Å². The summed E-state index contributed by atoms with van der Waals surface area (Å²) in [4.78, 5) is 24.7. The second-order valence-corrected chi connectivity index (χ2v) is 8.48. The third kappa shape index (κ3) is 4.76. The van der Waals surface area contributed by atoms with Gasteiger partial charge in [0.15, 0.2) is 0 Å². The molecule has 0 radical (unpaired) electrons. The lowest BCUT2D eigenvalue weighted by molar-refractivity contribution is 0.0954. The van der Waals surface area contributed by atoms with E-state index in [1.165, 1.54) is 24.3 Å². The molecule has 1 aliphatic carbocycles. The zero-order valence-corrected chi connectivity index (χ0v) is 16.6. The zero-order valence-electron chi connectivity index (χ0n) is 15.8. The van der Waals surface area contributed by atoms with Crippen molar-refractivity contribution in [2.45, 2.75) is 37.6 Å². The van der Waals surface area contributed by atoms with Crippen LogP contribution in [0, 0.1) is 6.92 Å². The second kappa shape index (κ2) is 8.12. The molecule has 3 N–H and O–H groups in total. The fourth-order valence-corrected chi connectivity index (χ4v) is 3.93. The monoisotopic (exact) mass is 401 g/mol. The van der Waals surface area contributed by atoms with Crippen LogP contribution in [0.15, 0.2) is 47.4 Å². The molecule has 1 aliphatic rings. The standard InChI is InChI=1S/C20H23N3O4S/c1-3-21-19(24)15-5-4-13(2)18(12-15)22-20(25)14-6-10-17(11-7-14)28(26,27)23-16-8-9-16/h4-7,10-12,16,23H,3,8-9H2,1-2H3,(H,21,24)(H,22,25). The van der Waals surface area contributed by atoms with Crippen molar-refractivity contribution in [3.8, 4) is 0 Å². The summed E-state index contributed by atoms with van der Waals surface area (Å²) in [5.41, 5.74) is 2.12. The van der Waals surface area contributed by atoms with E-state index in [4.69, 9.17) is 0 Å². The topological polar surface area (TPSA) is 104 Å². The third-order valence-corrected chi connectivity index (χ3v) is 5.95. The van der Waals surface area contributed by atoms with Gasteiger partial charge in [-0.3, -0.25) is 9.59 Å². The summed E-state index contributed by atoms with van der Waals surface area (Å²) in [6, 6.07) is 10.9. The van der Waals surface area contributed by atoms with Crippen molar-refractivity contribution in [3.63, 3.8) is 0 Å². The van der Waals surface area contributed by atoms with Gasteiger partial charge in [-0.05, 0) is 68.7 Å². The van der Waals surface area contributed by atoms with E-state index < -0.39 is 10.0 Å². The molecule has 8 heteroatoms. The molecule has 0 spiro atoms. The maximum atomic E-state index is 12.5. The van der Waals surface area contributed by atoms with E-state index in [1.54, 1.807) is 18.2 Å². The normalized spacial score (nSPS) is 13.8. The molecule has 0 bridgehead atoms. The van der Waals surface area contributed by atoms with Gasteiger partial charge in [-0.25, -0.2) is 13.1 Å². The lowest BCUT2D eigenvalue weighted by Crippen LogP contribution is -2.25. The molecule has 28 heavy (non-hydrogen) atoms. The largest absolute Gasteiger partial charge is 0.352 e. The highest BCUT2D eigenvalue weighted by Crippen LogP contribution is 2.23. The first-order chi connectivity index (χ1) is 13.3. The van der Waals surface area contributed by atoms with Crippen LogP contribution in [0.3, 0.4) is 0 Å². The van der Waals surface area contributed by atoms with Crippen LogP contribution in [0.5, 0.6) is 0 Å². The Morgan fingerprint density at radius 2 is 1.64 bits per heavy atom. The Morgan fingerprint density at radius 3 is 2.25 bits per heavy atom. The number of aryl methyl sites for hydroxylation is 1. The molecule has 0 aromatic heterocycles. The van der Waals surface area contributed by atoms with Gasteiger partial charge in [0.2, 0.25) is 10.0 Å². The number of nitrogens with one attached hydrogen (secondary N) is 3. The maximum Gasteiger partial charge on any atom is 0.255 e. The Bertz CT molecular complexity index is 997. The van der Waals surface area contributed by atoms with E-state index in [1.807, 2.05) is 13.8 Å². The van der Waals surface area contributed by atoms with E-state index in [0.717, 1.165) is 18.4 Å². The molecule has 148 valence electrons. The second-order valence-electron chi connectivity index (χ2n) is 6.76. The van der Waals surface area contributed by atoms with Gasteiger partial charge in [0.1, 0.15) is 0 Å². The van der Waals surface area contributed by atoms with Gasteiger partial charge < -0.3 is 10.6 Å². The van der Waals surface area contributed by atoms with E-state index in [2.05, 4.69) is 15.4 Å². The molecule has 0 unspecified atom stereocenters. The van der Waals surface area contributed by atoms with Crippen LogP contribution < -0.4 is 15.4 Å². The maximum absolute atomic E-state index is 12.5. The van der Waals surface area contributed by atoms with Crippen molar-refractivity contribution in [1.29, 1.82) is 0 Å². The smallest absolute Gasteiger partial charge is 0.255 e. The Kier molecular flexibility index (Phi) is 5.81. The fraction of sp³-hybridized carbons (Fsp3) is 0.300. The molecular weight excluding hydrogens is 378 g/mol. The van der Waals surface area contributed by atoms with Crippen LogP contribution >= 0.6 is 0 Å². The summed E-state index contributed by atoms with van der Waals surface area (Å²) in [7, 11) is -3.55. The van der Waals surface area contributed by atoms with E-state index in [0.29, 0.717) is 23.4 Å². The number of carbonyl (C=O) groups excluding carboxylic acids is 2. The number of anilines is 1. The highest BCUT2D eigenvalue weighted by atomic mass is 32.2. The Morgan fingerprint density at radius 1 is 1.00 bits per heavy atom. The average Bonchev–Trinajstić information content (AvgIpc) is 3.47. The first-order valence-corrected chi connectivity index (χ1v) is 10.6. The van der Waals surface area contributed by atoms with E-state index >= 15 is 0 Å². The first-order valence-electron chi connectivity index (χ1n) is 9.13. The van der Waals surface area contributed by atoms with Crippen LogP contribution in [0.4, 0.5) is 5.69 Å². The Hall–Kier alpha value is -2.71. The predicted molar refractivity (Wildman–Crippen MR) is 107 cm³/mol. The highest BCUT2D eigenvalue weighted by molar-refractivity contribution is 7.89. The van der Waals surface area contributed by atoms with Crippen molar-refractivity contribution in [3.05, 3.63) is 59.2 Å². The molecule has 1 saturated carbocycles. The van der Waals surface area contributed by atoms with Gasteiger partial charge in [-0.2, -0.15) is 0 Å². The molecule has 2 amide bonds. The number of carbonyl (C=O) groups is 2. The van der Waals surface area contributed by atoms with Crippen molar-refractivity contribution in [2.75, 3.05) is 11.9 Å². The van der Waals surface area contributed by atoms with Gasteiger partial charge in [-0.1, -0.05) is 6.07 Å². The molecule has 2 aromatic carbocycles. The summed E-state index contributed by atoms with van der Waals surface area (Å²) in [6.07, 6.45) is 1.71. The van der Waals surface area contributed by atoms with Crippen molar-refractivity contribution < 1.29 is 18.0 Å². The summed E-state index contributed by atoms with van der Waals surface area (Å²) >= 11 is 0. The molecule has 7 nitrogen and oxygen atoms in total. The van der Waals surface area contributed by atoms with Gasteiger partial charge in [0.25, 0.3) is 11.8 Å². The molecular formula is C20H23N3O4S. The van der Waals surface area contributed by atoms with Crippen molar-refractivity contribution in [2.24, 2.45) is 0 Å². The molecule has 0 aliphatic heterocycles. The molecule has 3 rings (SSSR count). The number of hydrogen-bond acceptors (Lipinski definition) is 4. The Balaban J connectivity index is 1.74. The summed E-state index contributed by atoms with van der Waals surface area (Å²) < 4.78 is 27.0. The van der Waals surface area contributed by atoms with E-state index in [-0.39, 0.29) is 22.8 Å². The predicted octanol–water partition coefficient (Wildman–Crippen LogP) is 2.44. The lowest BCUT2D eigenvalue weighted by atomic mass is 10.1. The SMILES string of the molecule is CCNC(=O)c1ccc(C)c(NC(=O)c2ccc(S(=O)(=O)NC3CC3)cc2)c1. The molecule has 0 atom stereocenters. The van der Waals surface area contributed by atoms with Crippen molar-refractivity contribution in [1.82, 2.24) is 10.0 Å². The summed E-state index contributed by atoms with van der Waals surface area (Å²) in [5.74, 6) is -0.592. The number of amides is 2. The lowest BCUT2D eigenvalue weighted by Gasteiger charge is -2.11. The number of hydrogen-bond donors (Lipinski definition) is 3. The van der Waals surface area contributed by atoms with Gasteiger partial charge >= 0.3 is 0 Å². The molecule has 1 fully saturated rings.